The topological polar surface area (TPSA) is 26.3 Å². The van der Waals surface area contributed by atoms with E-state index in [1.807, 2.05) is 32.0 Å². The van der Waals surface area contributed by atoms with Crippen molar-refractivity contribution in [3.8, 4) is 5.75 Å². The average Bonchev–Trinajstić information content (AvgIpc) is 2.20. The molecule has 3 heteroatoms. The van der Waals surface area contributed by atoms with Crippen molar-refractivity contribution in [3.05, 3.63) is 29.3 Å². The summed E-state index contributed by atoms with van der Waals surface area (Å²) in [5, 5.41) is 0. The lowest BCUT2D eigenvalue weighted by Crippen LogP contribution is -2.04. The van der Waals surface area contributed by atoms with Gasteiger partial charge in [0.1, 0.15) is 11.5 Å². The molecule has 2 nitrogen and oxygen atoms in total. The molecule has 1 aromatic rings. The van der Waals surface area contributed by atoms with Crippen LogP contribution in [0.1, 0.15) is 29.8 Å². The van der Waals surface area contributed by atoms with Crippen molar-refractivity contribution in [2.75, 3.05) is 6.61 Å². The Kier molecular flexibility index (Phi) is 4.33. The minimum absolute atomic E-state index is 0.103. The van der Waals surface area contributed by atoms with E-state index in [0.29, 0.717) is 6.61 Å². The summed E-state index contributed by atoms with van der Waals surface area (Å²) in [5.41, 5.74) is 2.00. The molecule has 0 N–H and O–H groups in total. The summed E-state index contributed by atoms with van der Waals surface area (Å²) in [6.45, 7) is 6.13. The van der Waals surface area contributed by atoms with E-state index in [9.17, 15) is 4.79 Å². The van der Waals surface area contributed by atoms with E-state index in [4.69, 9.17) is 4.74 Å². The fraction of sp³-hybridized carbons (Fsp3) is 0.417. The van der Waals surface area contributed by atoms with Crippen LogP contribution in [0.2, 0.25) is 0 Å². The first-order valence-electron chi connectivity index (χ1n) is 4.94. The number of hydrogen-bond donors (Lipinski definition) is 0. The van der Waals surface area contributed by atoms with Gasteiger partial charge in [0.05, 0.1) is 11.4 Å². The Morgan fingerprint density at radius 1 is 1.53 bits per heavy atom. The Morgan fingerprint density at radius 3 is 2.73 bits per heavy atom. The molecule has 0 radical (unpaired) electrons. The van der Waals surface area contributed by atoms with Gasteiger partial charge in [-0.3, -0.25) is 4.79 Å². The highest BCUT2D eigenvalue weighted by Crippen LogP contribution is 2.31. The normalized spacial score (nSPS) is 12.3. The molecule has 0 amide bonds. The fourth-order valence-corrected chi connectivity index (χ4v) is 1.93. The second kappa shape index (κ2) is 5.31. The number of carbonyl (C=O) groups excluding carboxylic acids is 1. The average molecular weight is 271 g/mol. The van der Waals surface area contributed by atoms with E-state index < -0.39 is 0 Å². The molecule has 0 aliphatic rings. The van der Waals surface area contributed by atoms with Crippen LogP contribution in [0.3, 0.4) is 0 Å². The molecule has 0 fully saturated rings. The summed E-state index contributed by atoms with van der Waals surface area (Å²) in [5.74, 6) is 0.951. The van der Waals surface area contributed by atoms with Crippen LogP contribution in [0.15, 0.2) is 18.2 Å². The third kappa shape index (κ3) is 2.81. The smallest absolute Gasteiger partial charge is 0.147 e. The molecule has 1 aromatic carbocycles. The van der Waals surface area contributed by atoms with Gasteiger partial charge in [0.25, 0.3) is 0 Å². The molecule has 0 saturated heterocycles. The van der Waals surface area contributed by atoms with Crippen molar-refractivity contribution < 1.29 is 9.53 Å². The van der Waals surface area contributed by atoms with Crippen LogP contribution in [-0.2, 0) is 4.79 Å². The monoisotopic (exact) mass is 270 g/mol. The maximum atomic E-state index is 11.3. The van der Waals surface area contributed by atoms with E-state index in [2.05, 4.69) is 15.9 Å². The fourth-order valence-electron chi connectivity index (χ4n) is 1.44. The highest BCUT2D eigenvalue weighted by Gasteiger charge is 2.16. The Bertz CT molecular complexity index is 361. The van der Waals surface area contributed by atoms with Crippen LogP contribution in [0.5, 0.6) is 5.75 Å². The largest absolute Gasteiger partial charge is 0.494 e. The number of halogens is 1. The highest BCUT2D eigenvalue weighted by atomic mass is 79.9. The second-order valence-corrected chi connectivity index (χ2v) is 4.29. The number of ketones is 1. The first kappa shape index (κ1) is 12.2. The molecular weight excluding hydrogens is 256 g/mol. The molecular formula is C12H15BrO2. The van der Waals surface area contributed by atoms with E-state index in [1.54, 1.807) is 6.92 Å². The van der Waals surface area contributed by atoms with E-state index >= 15 is 0 Å². The molecule has 0 saturated carbocycles. The van der Waals surface area contributed by atoms with Crippen LogP contribution >= 0.6 is 15.9 Å². The highest BCUT2D eigenvalue weighted by molar-refractivity contribution is 9.09. The quantitative estimate of drug-likeness (QED) is 0.784. The minimum atomic E-state index is -0.238. The Labute approximate surface area is 98.8 Å². The van der Waals surface area contributed by atoms with E-state index in [0.717, 1.165) is 16.9 Å². The van der Waals surface area contributed by atoms with Crippen molar-refractivity contribution in [1.82, 2.24) is 0 Å². The predicted molar refractivity (Wildman–Crippen MR) is 64.7 cm³/mol. The Morgan fingerprint density at radius 2 is 2.20 bits per heavy atom. The summed E-state index contributed by atoms with van der Waals surface area (Å²) in [6.07, 6.45) is 0. The molecule has 0 aliphatic carbocycles. The van der Waals surface area contributed by atoms with Crippen molar-refractivity contribution in [3.63, 3.8) is 0 Å². The van der Waals surface area contributed by atoms with Crippen LogP contribution in [0.25, 0.3) is 0 Å². The number of rotatable bonds is 4. The first-order chi connectivity index (χ1) is 7.07. The second-order valence-electron chi connectivity index (χ2n) is 3.38. The van der Waals surface area contributed by atoms with Crippen LogP contribution in [-0.4, -0.2) is 12.4 Å². The molecule has 0 aliphatic heterocycles. The van der Waals surface area contributed by atoms with Gasteiger partial charge >= 0.3 is 0 Å². The van der Waals surface area contributed by atoms with Gasteiger partial charge in [-0.05, 0) is 38.0 Å². The molecule has 0 heterocycles. The van der Waals surface area contributed by atoms with E-state index in [1.165, 1.54) is 0 Å². The number of carbonyl (C=O) groups is 1. The number of benzene rings is 1. The molecule has 15 heavy (non-hydrogen) atoms. The summed E-state index contributed by atoms with van der Waals surface area (Å²) < 4.78 is 5.48. The maximum absolute atomic E-state index is 11.3. The number of hydrogen-bond acceptors (Lipinski definition) is 2. The molecule has 1 atom stereocenters. The van der Waals surface area contributed by atoms with Gasteiger partial charge in [-0.1, -0.05) is 28.1 Å². The summed E-state index contributed by atoms with van der Waals surface area (Å²) in [6, 6.07) is 5.77. The number of alkyl halides is 1. The third-order valence-corrected chi connectivity index (χ3v) is 3.39. The van der Waals surface area contributed by atoms with Gasteiger partial charge in [0, 0.05) is 0 Å². The lowest BCUT2D eigenvalue weighted by molar-refractivity contribution is -0.116. The van der Waals surface area contributed by atoms with Crippen molar-refractivity contribution in [1.29, 1.82) is 0 Å². The Balaban J connectivity index is 3.08. The zero-order valence-corrected chi connectivity index (χ0v) is 10.8. The summed E-state index contributed by atoms with van der Waals surface area (Å²) >= 11 is 3.38. The molecule has 0 aromatic heterocycles. The van der Waals surface area contributed by atoms with Gasteiger partial charge in [-0.2, -0.15) is 0 Å². The molecule has 0 spiro atoms. The summed E-state index contributed by atoms with van der Waals surface area (Å²) in [7, 11) is 0. The SMILES string of the molecule is CCOc1cccc(C(Br)C(C)=O)c1C. The Hall–Kier alpha value is -0.830. The maximum Gasteiger partial charge on any atom is 0.147 e. The summed E-state index contributed by atoms with van der Waals surface area (Å²) in [4.78, 5) is 11.0. The minimum Gasteiger partial charge on any atom is -0.494 e. The van der Waals surface area contributed by atoms with Crippen molar-refractivity contribution in [2.24, 2.45) is 0 Å². The van der Waals surface area contributed by atoms with Gasteiger partial charge < -0.3 is 4.74 Å². The van der Waals surface area contributed by atoms with Gasteiger partial charge in [0.15, 0.2) is 0 Å². The van der Waals surface area contributed by atoms with Gasteiger partial charge in [0.2, 0.25) is 0 Å². The van der Waals surface area contributed by atoms with Gasteiger partial charge in [-0.25, -0.2) is 0 Å². The lowest BCUT2D eigenvalue weighted by atomic mass is 10.0. The molecule has 1 unspecified atom stereocenters. The van der Waals surface area contributed by atoms with Crippen LogP contribution in [0, 0.1) is 6.92 Å². The van der Waals surface area contributed by atoms with Crippen molar-refractivity contribution in [2.45, 2.75) is 25.6 Å². The lowest BCUT2D eigenvalue weighted by Gasteiger charge is -2.14. The number of Topliss-reactive ketones (excluding diaryl/α,β-unsaturated/α-hetero) is 1. The first-order valence-corrected chi connectivity index (χ1v) is 5.86. The predicted octanol–water partition coefficient (Wildman–Crippen LogP) is 3.42. The van der Waals surface area contributed by atoms with Crippen LogP contribution < -0.4 is 4.74 Å². The molecule has 82 valence electrons. The molecule has 1 rings (SSSR count). The molecule has 0 bridgehead atoms. The zero-order valence-electron chi connectivity index (χ0n) is 9.21. The third-order valence-electron chi connectivity index (χ3n) is 2.26. The van der Waals surface area contributed by atoms with E-state index in [-0.39, 0.29) is 10.6 Å². The van der Waals surface area contributed by atoms with Gasteiger partial charge in [-0.15, -0.1) is 0 Å². The number of ether oxygens (including phenoxy) is 1. The van der Waals surface area contributed by atoms with Crippen LogP contribution in [0.4, 0.5) is 0 Å². The van der Waals surface area contributed by atoms with Crippen molar-refractivity contribution >= 4 is 21.7 Å². The zero-order chi connectivity index (χ0) is 11.4. The standard InChI is InChI=1S/C12H15BrO2/c1-4-15-11-7-5-6-10(8(11)2)12(13)9(3)14/h5-7,12H,4H2,1-3H3.